The summed E-state index contributed by atoms with van der Waals surface area (Å²) in [6.07, 6.45) is 0. The van der Waals surface area contributed by atoms with Crippen LogP contribution in [-0.2, 0) is 20.6 Å². The van der Waals surface area contributed by atoms with Crippen molar-refractivity contribution in [2.24, 2.45) is 0 Å². The number of fused-ring (bicyclic) bond motifs is 7. The average Bonchev–Trinajstić information content (AvgIpc) is 3.28. The minimum absolute atomic E-state index is 0.313. The van der Waals surface area contributed by atoms with E-state index in [1.165, 1.54) is 28.0 Å². The van der Waals surface area contributed by atoms with Gasteiger partial charge in [0.2, 0.25) is 11.5 Å². The number of nitrogens with zero attached hydrogens (tertiary/aromatic N) is 2. The third-order valence-corrected chi connectivity index (χ3v) is 6.68. The first kappa shape index (κ1) is 17.2. The Bertz CT molecular complexity index is 1290. The van der Waals surface area contributed by atoms with Crippen LogP contribution in [0, 0.1) is 5.82 Å². The molecule has 0 bridgehead atoms. The van der Waals surface area contributed by atoms with Gasteiger partial charge in [-0.2, -0.15) is 0 Å². The summed E-state index contributed by atoms with van der Waals surface area (Å²) in [4.78, 5) is 31.0. The number of amides is 2. The van der Waals surface area contributed by atoms with Crippen molar-refractivity contribution in [1.29, 1.82) is 0 Å². The van der Waals surface area contributed by atoms with Gasteiger partial charge >= 0.3 is 0 Å². The lowest BCUT2D eigenvalue weighted by Gasteiger charge is -2.37. The molecule has 2 amide bonds. The zero-order chi connectivity index (χ0) is 20.8. The Hall–Kier alpha value is -3.67. The molecule has 5 nitrogen and oxygen atoms in total. The first-order valence-corrected chi connectivity index (χ1v) is 9.69. The Morgan fingerprint density at radius 2 is 1.37 bits per heavy atom. The molecule has 2 unspecified atom stereocenters. The van der Waals surface area contributed by atoms with Gasteiger partial charge in [-0.1, -0.05) is 36.4 Å². The van der Waals surface area contributed by atoms with E-state index in [-0.39, 0.29) is 11.8 Å². The van der Waals surface area contributed by atoms with Crippen molar-refractivity contribution in [2.45, 2.75) is 11.0 Å². The fourth-order valence-electron chi connectivity index (χ4n) is 5.46. The van der Waals surface area contributed by atoms with Crippen LogP contribution in [0.25, 0.3) is 0 Å². The van der Waals surface area contributed by atoms with Crippen LogP contribution in [0.15, 0.2) is 66.7 Å². The van der Waals surface area contributed by atoms with E-state index in [0.29, 0.717) is 33.8 Å². The number of hydrogen-bond acceptors (Lipinski definition) is 3. The summed E-state index contributed by atoms with van der Waals surface area (Å²) in [7, 11) is 3.35. The number of ether oxygens (including phenoxy) is 1. The monoisotopic (exact) mass is 400 g/mol. The lowest BCUT2D eigenvalue weighted by Crippen LogP contribution is -2.59. The van der Waals surface area contributed by atoms with Crippen molar-refractivity contribution in [1.82, 2.24) is 0 Å². The predicted molar refractivity (Wildman–Crippen MR) is 109 cm³/mol. The number of benzene rings is 3. The number of para-hydroxylation sites is 2. The molecule has 3 aliphatic rings. The number of anilines is 2. The number of rotatable bonds is 0. The smallest absolute Gasteiger partial charge is 0.277 e. The highest BCUT2D eigenvalue weighted by molar-refractivity contribution is 6.20. The number of hydrogen-bond donors (Lipinski definition) is 0. The van der Waals surface area contributed by atoms with Crippen molar-refractivity contribution in [3.63, 3.8) is 0 Å². The highest BCUT2D eigenvalue weighted by Crippen LogP contribution is 2.66. The maximum atomic E-state index is 14.5. The molecular weight excluding hydrogens is 383 g/mol. The number of carbonyl (C=O) groups excluding carboxylic acids is 2. The van der Waals surface area contributed by atoms with Crippen molar-refractivity contribution in [3.05, 3.63) is 89.2 Å². The topological polar surface area (TPSA) is 49.9 Å². The zero-order valence-corrected chi connectivity index (χ0v) is 16.3. The van der Waals surface area contributed by atoms with Gasteiger partial charge in [0.15, 0.2) is 5.41 Å². The quantitative estimate of drug-likeness (QED) is 0.582. The van der Waals surface area contributed by atoms with Crippen LogP contribution in [0.5, 0.6) is 5.75 Å². The summed E-state index contributed by atoms with van der Waals surface area (Å²) in [5, 5.41) is 0. The Morgan fingerprint density at radius 1 is 0.767 bits per heavy atom. The van der Waals surface area contributed by atoms with Gasteiger partial charge in [0, 0.05) is 36.5 Å². The zero-order valence-electron chi connectivity index (χ0n) is 16.3. The fourth-order valence-corrected chi connectivity index (χ4v) is 5.46. The van der Waals surface area contributed by atoms with Gasteiger partial charge in [-0.25, -0.2) is 4.39 Å². The molecule has 3 aromatic rings. The largest absolute Gasteiger partial charge is 0.470 e. The fraction of sp³-hybridized carbons (Fsp3) is 0.167. The average molecular weight is 400 g/mol. The van der Waals surface area contributed by atoms with Crippen molar-refractivity contribution in [2.75, 3.05) is 23.9 Å². The highest BCUT2D eigenvalue weighted by atomic mass is 19.1. The molecule has 3 heterocycles. The lowest BCUT2D eigenvalue weighted by atomic mass is 9.62. The molecule has 0 aromatic heterocycles. The Labute approximate surface area is 172 Å². The van der Waals surface area contributed by atoms with Crippen LogP contribution in [0.1, 0.15) is 16.7 Å². The molecule has 6 rings (SSSR count). The first-order valence-electron chi connectivity index (χ1n) is 9.69. The van der Waals surface area contributed by atoms with Gasteiger partial charge in [0.25, 0.3) is 5.91 Å². The molecule has 2 spiro atoms. The van der Waals surface area contributed by atoms with E-state index in [0.717, 1.165) is 0 Å². The summed E-state index contributed by atoms with van der Waals surface area (Å²) < 4.78 is 20.9. The third kappa shape index (κ3) is 1.59. The highest BCUT2D eigenvalue weighted by Gasteiger charge is 2.76. The molecule has 0 radical (unpaired) electrons. The first-order chi connectivity index (χ1) is 14.4. The molecule has 0 saturated carbocycles. The van der Waals surface area contributed by atoms with Crippen molar-refractivity contribution >= 4 is 23.2 Å². The van der Waals surface area contributed by atoms with E-state index in [1.807, 2.05) is 48.5 Å². The third-order valence-electron chi connectivity index (χ3n) is 6.68. The number of carbonyl (C=O) groups is 2. The van der Waals surface area contributed by atoms with Crippen molar-refractivity contribution in [3.8, 4) is 5.75 Å². The molecule has 3 aromatic carbocycles. The minimum Gasteiger partial charge on any atom is -0.470 e. The SMILES string of the molecule is CN1C(=O)C2(Oc3ccc(F)cc3C23C(=O)N(C)c2ccccc23)c2ccccc21. The van der Waals surface area contributed by atoms with Crippen LogP contribution >= 0.6 is 0 Å². The summed E-state index contributed by atoms with van der Waals surface area (Å²) in [5.74, 6) is -0.806. The molecule has 148 valence electrons. The number of halogens is 1. The normalized spacial score (nSPS) is 25.7. The standard InChI is InChI=1S/C24H17FN2O3/c1-26-18-9-5-3-7-15(18)23(21(26)28)17-13-14(25)11-12-20(17)30-24(23)16-8-4-6-10-19(16)27(2)22(24)29/h3-13H,1-2H3. The Kier molecular flexibility index (Phi) is 3.02. The number of likely N-dealkylation sites (N-methyl/N-ethyl adjacent to an activating group) is 2. The van der Waals surface area contributed by atoms with E-state index in [1.54, 1.807) is 14.1 Å². The van der Waals surface area contributed by atoms with Crippen LogP contribution in [0.3, 0.4) is 0 Å². The van der Waals surface area contributed by atoms with Gasteiger partial charge in [-0.3, -0.25) is 9.59 Å². The molecule has 0 saturated heterocycles. The molecule has 0 fully saturated rings. The molecular formula is C24H17FN2O3. The maximum Gasteiger partial charge on any atom is 0.277 e. The predicted octanol–water partition coefficient (Wildman–Crippen LogP) is 3.35. The molecule has 2 atom stereocenters. The van der Waals surface area contributed by atoms with E-state index in [4.69, 9.17) is 4.74 Å². The second-order valence-corrected chi connectivity index (χ2v) is 7.94. The summed E-state index contributed by atoms with van der Waals surface area (Å²) in [6.45, 7) is 0. The summed E-state index contributed by atoms with van der Waals surface area (Å²) in [6, 6.07) is 18.8. The van der Waals surface area contributed by atoms with E-state index < -0.39 is 16.8 Å². The van der Waals surface area contributed by atoms with Crippen LogP contribution in [-0.4, -0.2) is 25.9 Å². The molecule has 0 aliphatic carbocycles. The second-order valence-electron chi connectivity index (χ2n) is 7.94. The Balaban J connectivity index is 1.82. The molecule has 6 heteroatoms. The van der Waals surface area contributed by atoms with Gasteiger partial charge in [0.05, 0.1) is 5.69 Å². The Morgan fingerprint density at radius 3 is 2.10 bits per heavy atom. The molecule has 3 aliphatic heterocycles. The van der Waals surface area contributed by atoms with Gasteiger partial charge in [0.1, 0.15) is 11.6 Å². The van der Waals surface area contributed by atoms with Crippen LogP contribution in [0.2, 0.25) is 0 Å². The maximum absolute atomic E-state index is 14.5. The minimum atomic E-state index is -1.65. The van der Waals surface area contributed by atoms with Crippen LogP contribution < -0.4 is 14.5 Å². The summed E-state index contributed by atoms with van der Waals surface area (Å²) >= 11 is 0. The van der Waals surface area contributed by atoms with Crippen molar-refractivity contribution < 1.29 is 18.7 Å². The van der Waals surface area contributed by atoms with E-state index >= 15 is 0 Å². The lowest BCUT2D eigenvalue weighted by molar-refractivity contribution is -0.142. The summed E-state index contributed by atoms with van der Waals surface area (Å²) in [5.41, 5.74) is -0.187. The van der Waals surface area contributed by atoms with E-state index in [9.17, 15) is 14.0 Å². The molecule has 0 N–H and O–H groups in total. The van der Waals surface area contributed by atoms with Gasteiger partial charge < -0.3 is 14.5 Å². The molecule has 30 heavy (non-hydrogen) atoms. The van der Waals surface area contributed by atoms with E-state index in [2.05, 4.69) is 0 Å². The van der Waals surface area contributed by atoms with Crippen LogP contribution in [0.4, 0.5) is 15.8 Å². The van der Waals surface area contributed by atoms with Gasteiger partial charge in [-0.05, 0) is 30.3 Å². The second kappa shape index (κ2) is 5.27. The van der Waals surface area contributed by atoms with Gasteiger partial charge in [-0.15, -0.1) is 0 Å².